The third kappa shape index (κ3) is 5.43. The van der Waals surface area contributed by atoms with Crippen molar-refractivity contribution in [2.45, 2.75) is 43.9 Å². The molecule has 0 unspecified atom stereocenters. The molecule has 2 amide bonds. The van der Waals surface area contributed by atoms with Gasteiger partial charge in [-0.1, -0.05) is 31.4 Å². The van der Waals surface area contributed by atoms with E-state index < -0.39 is 17.0 Å². The van der Waals surface area contributed by atoms with Crippen LogP contribution in [0.3, 0.4) is 0 Å². The molecule has 34 heavy (non-hydrogen) atoms. The molecule has 1 N–H and O–H groups in total. The lowest BCUT2D eigenvalue weighted by molar-refractivity contribution is -0.138. The fourth-order valence-electron chi connectivity index (χ4n) is 5.17. The van der Waals surface area contributed by atoms with Gasteiger partial charge in [-0.3, -0.25) is 14.5 Å². The number of hydrogen-bond acceptors (Lipinski definition) is 3. The third-order valence-electron chi connectivity index (χ3n) is 6.96. The van der Waals surface area contributed by atoms with Gasteiger partial charge in [-0.15, -0.1) is 0 Å². The Bertz CT molecular complexity index is 1020. The molecule has 1 aliphatic carbocycles. The van der Waals surface area contributed by atoms with E-state index in [1.807, 2.05) is 9.80 Å². The van der Waals surface area contributed by atoms with E-state index in [0.717, 1.165) is 49.8 Å². The van der Waals surface area contributed by atoms with Crippen LogP contribution in [-0.2, 0) is 15.0 Å². The van der Waals surface area contributed by atoms with Crippen molar-refractivity contribution >= 4 is 17.5 Å². The van der Waals surface area contributed by atoms with Crippen molar-refractivity contribution in [2.75, 3.05) is 38.0 Å². The van der Waals surface area contributed by atoms with Gasteiger partial charge in [0.25, 0.3) is 0 Å². The van der Waals surface area contributed by atoms with Crippen LogP contribution in [-0.4, -0.2) is 54.3 Å². The van der Waals surface area contributed by atoms with E-state index in [0.29, 0.717) is 32.6 Å². The lowest BCUT2D eigenvalue weighted by atomic mass is 9.68. The summed E-state index contributed by atoms with van der Waals surface area (Å²) in [6.07, 6.45) is 5.23. The highest BCUT2D eigenvalue weighted by molar-refractivity contribution is 5.92. The summed E-state index contributed by atoms with van der Waals surface area (Å²) in [4.78, 5) is 30.1. The SMILES string of the molecule is O=C(CN1CCCN(C(=O)C2(c3ccc(F)cc3)CCCCC2)CC1)Nc1ccc(F)cc1F. The number of nitrogens with zero attached hydrogens (tertiary/aromatic N) is 2. The van der Waals surface area contributed by atoms with Crippen LogP contribution < -0.4 is 5.32 Å². The van der Waals surface area contributed by atoms with Gasteiger partial charge in [0, 0.05) is 32.2 Å². The Morgan fingerprint density at radius 3 is 2.24 bits per heavy atom. The first-order valence-electron chi connectivity index (χ1n) is 11.9. The van der Waals surface area contributed by atoms with Crippen LogP contribution in [0.15, 0.2) is 42.5 Å². The molecule has 4 rings (SSSR count). The molecule has 1 heterocycles. The Kier molecular flexibility index (Phi) is 7.56. The molecule has 0 atom stereocenters. The van der Waals surface area contributed by atoms with Crippen LogP contribution in [0.5, 0.6) is 0 Å². The minimum Gasteiger partial charge on any atom is -0.341 e. The van der Waals surface area contributed by atoms with Crippen LogP contribution in [0, 0.1) is 17.5 Å². The average Bonchev–Trinajstić information content (AvgIpc) is 3.07. The molecule has 1 aliphatic heterocycles. The van der Waals surface area contributed by atoms with Crippen molar-refractivity contribution in [3.63, 3.8) is 0 Å². The molecule has 0 radical (unpaired) electrons. The van der Waals surface area contributed by atoms with Crippen molar-refractivity contribution in [1.82, 2.24) is 9.80 Å². The molecule has 1 saturated heterocycles. The normalized spacial score (nSPS) is 18.9. The zero-order valence-electron chi connectivity index (χ0n) is 19.2. The summed E-state index contributed by atoms with van der Waals surface area (Å²) in [7, 11) is 0. The van der Waals surface area contributed by atoms with Crippen LogP contribution in [0.1, 0.15) is 44.1 Å². The smallest absolute Gasteiger partial charge is 0.238 e. The van der Waals surface area contributed by atoms with Crippen molar-refractivity contribution in [1.29, 1.82) is 0 Å². The Balaban J connectivity index is 1.40. The second-order valence-corrected chi connectivity index (χ2v) is 9.24. The summed E-state index contributed by atoms with van der Waals surface area (Å²) in [5.41, 5.74) is 0.190. The molecule has 8 heteroatoms. The van der Waals surface area contributed by atoms with Gasteiger partial charge in [-0.05, 0) is 49.1 Å². The number of anilines is 1. The van der Waals surface area contributed by atoms with Gasteiger partial charge in [0.1, 0.15) is 17.5 Å². The lowest BCUT2D eigenvalue weighted by Gasteiger charge is -2.40. The van der Waals surface area contributed by atoms with Crippen LogP contribution >= 0.6 is 0 Å². The molecule has 0 aromatic heterocycles. The monoisotopic (exact) mass is 473 g/mol. The minimum atomic E-state index is -0.820. The molecule has 0 bridgehead atoms. The molecule has 2 aromatic rings. The van der Waals surface area contributed by atoms with Gasteiger partial charge in [0.15, 0.2) is 0 Å². The van der Waals surface area contributed by atoms with Crippen molar-refractivity contribution in [3.8, 4) is 0 Å². The van der Waals surface area contributed by atoms with E-state index >= 15 is 0 Å². The number of rotatable bonds is 5. The molecule has 0 spiro atoms. The highest BCUT2D eigenvalue weighted by Crippen LogP contribution is 2.41. The van der Waals surface area contributed by atoms with E-state index in [1.165, 1.54) is 18.2 Å². The van der Waals surface area contributed by atoms with Gasteiger partial charge in [0.2, 0.25) is 11.8 Å². The molecule has 2 fully saturated rings. The zero-order chi connectivity index (χ0) is 24.1. The van der Waals surface area contributed by atoms with E-state index in [9.17, 15) is 22.8 Å². The van der Waals surface area contributed by atoms with Gasteiger partial charge < -0.3 is 10.2 Å². The highest BCUT2D eigenvalue weighted by atomic mass is 19.1. The number of carbonyl (C=O) groups is 2. The second kappa shape index (κ2) is 10.6. The number of benzene rings is 2. The maximum atomic E-state index is 13.8. The first kappa shape index (κ1) is 24.3. The summed E-state index contributed by atoms with van der Waals surface area (Å²) < 4.78 is 40.5. The first-order valence-corrected chi connectivity index (χ1v) is 11.9. The first-order chi connectivity index (χ1) is 16.4. The number of amides is 2. The predicted molar refractivity (Wildman–Crippen MR) is 124 cm³/mol. The zero-order valence-corrected chi connectivity index (χ0v) is 19.2. The second-order valence-electron chi connectivity index (χ2n) is 9.24. The summed E-state index contributed by atoms with van der Waals surface area (Å²) in [5.74, 6) is -2.14. The van der Waals surface area contributed by atoms with Gasteiger partial charge in [0.05, 0.1) is 17.6 Å². The summed E-state index contributed by atoms with van der Waals surface area (Å²) in [6.45, 7) is 2.28. The topological polar surface area (TPSA) is 52.7 Å². The highest BCUT2D eigenvalue weighted by Gasteiger charge is 2.43. The molecule has 2 aromatic carbocycles. The Hall–Kier alpha value is -2.87. The molecule has 182 valence electrons. The average molecular weight is 474 g/mol. The largest absolute Gasteiger partial charge is 0.341 e. The molecule has 1 saturated carbocycles. The number of carbonyl (C=O) groups excluding carboxylic acids is 2. The Morgan fingerprint density at radius 1 is 0.824 bits per heavy atom. The quantitative estimate of drug-likeness (QED) is 0.697. The predicted octanol–water partition coefficient (Wildman–Crippen LogP) is 4.48. The van der Waals surface area contributed by atoms with Crippen LogP contribution in [0.2, 0.25) is 0 Å². The fraction of sp³-hybridized carbons (Fsp3) is 0.462. The van der Waals surface area contributed by atoms with Crippen molar-refractivity contribution < 1.29 is 22.8 Å². The third-order valence-corrected chi connectivity index (χ3v) is 6.96. The Morgan fingerprint density at radius 2 is 1.53 bits per heavy atom. The van der Waals surface area contributed by atoms with Crippen molar-refractivity contribution in [2.24, 2.45) is 0 Å². The number of nitrogens with one attached hydrogen (secondary N) is 1. The maximum absolute atomic E-state index is 13.8. The van der Waals surface area contributed by atoms with E-state index in [-0.39, 0.29) is 29.9 Å². The van der Waals surface area contributed by atoms with Crippen LogP contribution in [0.25, 0.3) is 0 Å². The number of halogens is 3. The molecular weight excluding hydrogens is 443 g/mol. The molecule has 5 nitrogen and oxygen atoms in total. The van der Waals surface area contributed by atoms with Gasteiger partial charge in [-0.25, -0.2) is 13.2 Å². The van der Waals surface area contributed by atoms with Gasteiger partial charge in [-0.2, -0.15) is 0 Å². The van der Waals surface area contributed by atoms with E-state index in [2.05, 4.69) is 5.32 Å². The Labute approximate surface area is 197 Å². The summed E-state index contributed by atoms with van der Waals surface area (Å²) >= 11 is 0. The summed E-state index contributed by atoms with van der Waals surface area (Å²) in [6, 6.07) is 9.34. The standard InChI is InChI=1S/C26H30F3N3O2/c27-20-7-5-19(6-8-20)26(11-2-1-3-12-26)25(34)32-14-4-13-31(15-16-32)18-24(33)30-23-10-9-21(28)17-22(23)29/h5-10,17H,1-4,11-16,18H2,(H,30,33). The lowest BCUT2D eigenvalue weighted by Crippen LogP contribution is -2.49. The molecular formula is C26H30F3N3O2. The molecule has 2 aliphatic rings. The summed E-state index contributed by atoms with van der Waals surface area (Å²) in [5, 5.41) is 2.49. The van der Waals surface area contributed by atoms with Gasteiger partial charge >= 0.3 is 0 Å². The van der Waals surface area contributed by atoms with E-state index in [1.54, 1.807) is 12.1 Å². The number of hydrogen-bond donors (Lipinski definition) is 1. The van der Waals surface area contributed by atoms with Crippen molar-refractivity contribution in [3.05, 3.63) is 65.5 Å². The minimum absolute atomic E-state index is 0.0575. The van der Waals surface area contributed by atoms with E-state index in [4.69, 9.17) is 0 Å². The van der Waals surface area contributed by atoms with Crippen LogP contribution in [0.4, 0.5) is 18.9 Å². The maximum Gasteiger partial charge on any atom is 0.238 e. The fourth-order valence-corrected chi connectivity index (χ4v) is 5.17.